The Bertz CT molecular complexity index is 499. The highest BCUT2D eigenvalue weighted by atomic mass is 19.1. The molecule has 0 heterocycles. The molecule has 6 heteroatoms. The average molecular weight is 286 g/mol. The molecule has 0 aliphatic rings. The van der Waals surface area contributed by atoms with Crippen LogP contribution in [0.3, 0.4) is 0 Å². The summed E-state index contributed by atoms with van der Waals surface area (Å²) in [6, 6.07) is 1.63. The Morgan fingerprint density at radius 1 is 1.25 bits per heavy atom. The lowest BCUT2D eigenvalue weighted by Crippen LogP contribution is -2.42. The van der Waals surface area contributed by atoms with Crippen molar-refractivity contribution in [3.63, 3.8) is 0 Å². The third-order valence-electron chi connectivity index (χ3n) is 2.53. The van der Waals surface area contributed by atoms with Crippen molar-refractivity contribution in [3.8, 4) is 0 Å². The molecular formula is C14H20F2N2O2. The molecule has 20 heavy (non-hydrogen) atoms. The molecule has 0 spiro atoms. The maximum absolute atomic E-state index is 13.7. The molecule has 0 fully saturated rings. The minimum absolute atomic E-state index is 0.129. The molecule has 112 valence electrons. The molecule has 1 unspecified atom stereocenters. The van der Waals surface area contributed by atoms with E-state index >= 15 is 0 Å². The van der Waals surface area contributed by atoms with Crippen LogP contribution in [0.15, 0.2) is 12.1 Å². The lowest BCUT2D eigenvalue weighted by Gasteiger charge is -2.21. The Morgan fingerprint density at radius 3 is 2.40 bits per heavy atom. The van der Waals surface area contributed by atoms with Gasteiger partial charge in [-0.2, -0.15) is 0 Å². The van der Waals surface area contributed by atoms with Gasteiger partial charge in [-0.15, -0.1) is 0 Å². The summed E-state index contributed by atoms with van der Waals surface area (Å²) >= 11 is 0. The van der Waals surface area contributed by atoms with Crippen molar-refractivity contribution < 1.29 is 18.3 Å². The number of rotatable bonds is 3. The van der Waals surface area contributed by atoms with Gasteiger partial charge in [-0.05, 0) is 52.3 Å². The summed E-state index contributed by atoms with van der Waals surface area (Å²) < 4.78 is 32.2. The van der Waals surface area contributed by atoms with Crippen molar-refractivity contribution in [3.05, 3.63) is 34.9 Å². The van der Waals surface area contributed by atoms with E-state index in [-0.39, 0.29) is 11.1 Å². The molecule has 0 aromatic heterocycles. The quantitative estimate of drug-likeness (QED) is 0.838. The Morgan fingerprint density at radius 2 is 1.85 bits per heavy atom. The first-order valence-electron chi connectivity index (χ1n) is 6.30. The molecule has 1 aromatic rings. The zero-order valence-corrected chi connectivity index (χ0v) is 12.3. The fourth-order valence-electron chi connectivity index (χ4n) is 1.54. The Hall–Kier alpha value is -1.69. The first kappa shape index (κ1) is 16.4. The summed E-state index contributed by atoms with van der Waals surface area (Å²) in [6.07, 6.45) is -0.683. The number of hydrogen-bond acceptors (Lipinski definition) is 3. The van der Waals surface area contributed by atoms with Gasteiger partial charge in [-0.25, -0.2) is 19.0 Å². The van der Waals surface area contributed by atoms with Crippen LogP contribution in [-0.2, 0) is 4.74 Å². The first-order valence-corrected chi connectivity index (χ1v) is 6.30. The molecule has 0 saturated heterocycles. The third kappa shape index (κ3) is 4.77. The Kier molecular flexibility index (Phi) is 5.05. The van der Waals surface area contributed by atoms with Crippen molar-refractivity contribution in [1.82, 2.24) is 10.9 Å². The van der Waals surface area contributed by atoms with Gasteiger partial charge in [-0.1, -0.05) is 0 Å². The van der Waals surface area contributed by atoms with Crippen molar-refractivity contribution in [2.24, 2.45) is 0 Å². The number of halogens is 2. The number of hydrogen-bond donors (Lipinski definition) is 2. The normalized spacial score (nSPS) is 12.9. The van der Waals surface area contributed by atoms with Gasteiger partial charge in [-0.3, -0.25) is 5.43 Å². The molecule has 0 bridgehead atoms. The average Bonchev–Trinajstić information content (AvgIpc) is 2.28. The van der Waals surface area contributed by atoms with Crippen LogP contribution in [0.25, 0.3) is 0 Å². The maximum Gasteiger partial charge on any atom is 0.422 e. The topological polar surface area (TPSA) is 50.4 Å². The van der Waals surface area contributed by atoms with Crippen molar-refractivity contribution >= 4 is 6.09 Å². The lowest BCUT2D eigenvalue weighted by molar-refractivity contribution is 0.0489. The molecule has 2 N–H and O–H groups in total. The van der Waals surface area contributed by atoms with Crippen molar-refractivity contribution in [2.45, 2.75) is 46.3 Å². The highest BCUT2D eigenvalue weighted by Gasteiger charge is 2.18. The lowest BCUT2D eigenvalue weighted by atomic mass is 10.1. The zero-order chi connectivity index (χ0) is 15.5. The standard InChI is InChI=1S/C14H20F2N2O2/c1-8-6-12(16)10(7-11(8)15)9(2)17-18-13(19)20-14(3,4)5/h6-7,9,17H,1-5H3,(H,18,19). The second-order valence-corrected chi connectivity index (χ2v) is 5.62. The van der Waals surface area contributed by atoms with E-state index in [0.29, 0.717) is 0 Å². The number of hydrazine groups is 1. The molecule has 0 aliphatic heterocycles. The summed E-state index contributed by atoms with van der Waals surface area (Å²) in [6.45, 7) is 8.27. The van der Waals surface area contributed by atoms with E-state index in [1.54, 1.807) is 27.7 Å². The number of carbonyl (C=O) groups is 1. The first-order chi connectivity index (χ1) is 9.10. The number of ether oxygens (including phenoxy) is 1. The van der Waals surface area contributed by atoms with Crippen LogP contribution in [-0.4, -0.2) is 11.7 Å². The van der Waals surface area contributed by atoms with Gasteiger partial charge < -0.3 is 4.74 Å². The van der Waals surface area contributed by atoms with Crippen LogP contribution < -0.4 is 10.9 Å². The second kappa shape index (κ2) is 6.17. The van der Waals surface area contributed by atoms with E-state index in [1.165, 1.54) is 6.92 Å². The zero-order valence-electron chi connectivity index (χ0n) is 12.3. The molecular weight excluding hydrogens is 266 g/mol. The van der Waals surface area contributed by atoms with E-state index in [2.05, 4.69) is 10.9 Å². The summed E-state index contributed by atoms with van der Waals surface area (Å²) in [7, 11) is 0. The highest BCUT2D eigenvalue weighted by Crippen LogP contribution is 2.20. The summed E-state index contributed by atoms with van der Waals surface area (Å²) in [5.74, 6) is -1.03. The van der Waals surface area contributed by atoms with Gasteiger partial charge in [0.15, 0.2) is 0 Å². The van der Waals surface area contributed by atoms with Gasteiger partial charge in [0.25, 0.3) is 0 Å². The molecule has 1 atom stereocenters. The van der Waals surface area contributed by atoms with Crippen LogP contribution in [0.4, 0.5) is 13.6 Å². The fraction of sp³-hybridized carbons (Fsp3) is 0.500. The Balaban J connectivity index is 2.66. The van der Waals surface area contributed by atoms with Crippen LogP contribution in [0.1, 0.15) is 44.9 Å². The van der Waals surface area contributed by atoms with Gasteiger partial charge in [0.2, 0.25) is 0 Å². The predicted molar refractivity (Wildman–Crippen MR) is 72.0 cm³/mol. The summed E-state index contributed by atoms with van der Waals surface area (Å²) in [4.78, 5) is 11.4. The largest absolute Gasteiger partial charge is 0.443 e. The molecule has 1 aromatic carbocycles. The molecule has 0 aliphatic carbocycles. The molecule has 1 amide bonds. The van der Waals surface area contributed by atoms with Gasteiger partial charge >= 0.3 is 6.09 Å². The van der Waals surface area contributed by atoms with E-state index in [4.69, 9.17) is 4.74 Å². The van der Waals surface area contributed by atoms with Crippen molar-refractivity contribution in [1.29, 1.82) is 0 Å². The fourth-order valence-corrected chi connectivity index (χ4v) is 1.54. The molecule has 4 nitrogen and oxygen atoms in total. The third-order valence-corrected chi connectivity index (χ3v) is 2.53. The van der Waals surface area contributed by atoms with E-state index in [1.807, 2.05) is 0 Å². The van der Waals surface area contributed by atoms with Crippen LogP contribution in [0.5, 0.6) is 0 Å². The predicted octanol–water partition coefficient (Wildman–Crippen LogP) is 3.36. The number of amides is 1. The number of benzene rings is 1. The van der Waals surface area contributed by atoms with E-state index in [0.717, 1.165) is 12.1 Å². The van der Waals surface area contributed by atoms with Crippen LogP contribution in [0, 0.1) is 18.6 Å². The SMILES string of the molecule is Cc1cc(F)c(C(C)NNC(=O)OC(C)(C)C)cc1F. The summed E-state index contributed by atoms with van der Waals surface area (Å²) in [5, 5.41) is 0. The van der Waals surface area contributed by atoms with E-state index in [9.17, 15) is 13.6 Å². The van der Waals surface area contributed by atoms with Gasteiger partial charge in [0.1, 0.15) is 17.2 Å². The second-order valence-electron chi connectivity index (χ2n) is 5.62. The number of nitrogens with one attached hydrogen (secondary N) is 2. The minimum Gasteiger partial charge on any atom is -0.443 e. The van der Waals surface area contributed by atoms with E-state index < -0.39 is 29.4 Å². The Labute approximate surface area is 117 Å². The molecule has 0 saturated carbocycles. The number of aryl methyl sites for hydroxylation is 1. The monoisotopic (exact) mass is 286 g/mol. The molecule has 1 rings (SSSR count). The smallest absolute Gasteiger partial charge is 0.422 e. The molecule has 0 radical (unpaired) electrons. The summed E-state index contributed by atoms with van der Waals surface area (Å²) in [5.41, 5.74) is 4.61. The van der Waals surface area contributed by atoms with Crippen molar-refractivity contribution in [2.75, 3.05) is 0 Å². The highest BCUT2D eigenvalue weighted by molar-refractivity contribution is 5.67. The van der Waals surface area contributed by atoms with Gasteiger partial charge in [0, 0.05) is 5.56 Å². The van der Waals surface area contributed by atoms with Crippen LogP contribution in [0.2, 0.25) is 0 Å². The van der Waals surface area contributed by atoms with Crippen LogP contribution >= 0.6 is 0 Å². The number of carbonyl (C=O) groups excluding carboxylic acids is 1. The maximum atomic E-state index is 13.7. The van der Waals surface area contributed by atoms with Gasteiger partial charge in [0.05, 0.1) is 6.04 Å². The minimum atomic E-state index is -0.683.